The summed E-state index contributed by atoms with van der Waals surface area (Å²) < 4.78 is 3.34. The van der Waals surface area contributed by atoms with E-state index in [0.29, 0.717) is 0 Å². The molecule has 0 heterocycles. The van der Waals surface area contributed by atoms with Crippen molar-refractivity contribution in [2.75, 3.05) is 0 Å². The van der Waals surface area contributed by atoms with Crippen molar-refractivity contribution in [3.63, 3.8) is 0 Å². The van der Waals surface area contributed by atoms with Gasteiger partial charge >= 0.3 is 28.4 Å². The van der Waals surface area contributed by atoms with Crippen LogP contribution in [0, 0.1) is 24.3 Å². The van der Waals surface area contributed by atoms with Gasteiger partial charge in [0, 0.05) is 0 Å². The summed E-state index contributed by atoms with van der Waals surface area (Å²) >= 11 is 1.30. The standard InChI is InChI=1S/C21H25.2C10H13.C5H5.CH2.2ClH.Zr/c1-20(2,3)16-9-7-14-11-15-8-10-17(21(4,5)6)13-19(15)18(14)12-16;2*1-10(2,3)9-7-5-4-6-8-9;1-2-4-5-3-1;;;;/h7,9-10,12-13H,11H2,1-6H3;2*5-8H,1-3H3;1-3H,4H2;1H2;2*1H;/q4*-1;;;;. The predicted octanol–water partition coefficient (Wildman–Crippen LogP) is 13.3. The fraction of sp³-hybridized carbons (Fsp3) is 0.383. The molecule has 0 amide bonds. The maximum atomic E-state index is 3.53. The van der Waals surface area contributed by atoms with E-state index in [2.05, 4.69) is 172 Å². The van der Waals surface area contributed by atoms with Crippen molar-refractivity contribution in [2.45, 2.75) is 118 Å². The molecule has 50 heavy (non-hydrogen) atoms. The SMILES string of the molecule is CC(C)(C)c1c[c-]c2c(c1)-c1cc(C(C)(C)C)ccc1C2.CC(C)(C)c1cc[c-]cc1.CC(C)(C)c1cc[c-]cc1.Cl.Cl.[C-]1=CC=CC1.[CH2]=[Zr]. The van der Waals surface area contributed by atoms with E-state index < -0.39 is 0 Å². The van der Waals surface area contributed by atoms with Crippen molar-refractivity contribution >= 4 is 29.0 Å². The van der Waals surface area contributed by atoms with Crippen molar-refractivity contribution in [3.8, 4) is 11.1 Å². The van der Waals surface area contributed by atoms with Gasteiger partial charge in [-0.1, -0.05) is 118 Å². The average Bonchev–Trinajstić information content (AvgIpc) is 3.74. The second kappa shape index (κ2) is 21.3. The molecule has 0 nitrogen and oxygen atoms in total. The molecule has 6 rings (SSSR count). The number of benzene rings is 4. The summed E-state index contributed by atoms with van der Waals surface area (Å²) in [6, 6.07) is 37.4. The molecule has 0 unspecified atom stereocenters. The Labute approximate surface area is 334 Å². The number of rotatable bonds is 0. The van der Waals surface area contributed by atoms with Crippen LogP contribution in [0.1, 0.15) is 123 Å². The first kappa shape index (κ1) is 47.7. The molecule has 0 spiro atoms. The number of hydrogen-bond acceptors (Lipinski definition) is 0. The zero-order valence-corrected chi connectivity index (χ0v) is 36.8. The van der Waals surface area contributed by atoms with Crippen LogP contribution < -0.4 is 0 Å². The van der Waals surface area contributed by atoms with Crippen LogP contribution in [0.4, 0.5) is 0 Å². The molecule has 0 atom stereocenters. The Morgan fingerprint density at radius 1 is 0.560 bits per heavy atom. The molecular weight excluding hydrogens is 727 g/mol. The molecule has 2 aliphatic rings. The van der Waals surface area contributed by atoms with E-state index in [1.165, 1.54) is 68.7 Å². The first-order chi connectivity index (χ1) is 22.4. The number of hydrogen-bond donors (Lipinski definition) is 0. The Morgan fingerprint density at radius 2 is 1.00 bits per heavy atom. The van der Waals surface area contributed by atoms with Crippen LogP contribution in [0.25, 0.3) is 11.1 Å². The van der Waals surface area contributed by atoms with Gasteiger partial charge in [0.15, 0.2) is 0 Å². The third-order valence-electron chi connectivity index (χ3n) is 8.28. The second-order valence-electron chi connectivity index (χ2n) is 16.4. The summed E-state index contributed by atoms with van der Waals surface area (Å²) in [6.45, 7) is 26.9. The van der Waals surface area contributed by atoms with Gasteiger partial charge in [-0.3, -0.25) is 6.08 Å². The van der Waals surface area contributed by atoms with E-state index in [9.17, 15) is 0 Å². The Bertz CT molecular complexity index is 1480. The monoisotopic (exact) mass is 784 g/mol. The van der Waals surface area contributed by atoms with Gasteiger partial charge in [-0.2, -0.15) is 107 Å². The summed E-state index contributed by atoms with van der Waals surface area (Å²) in [5.74, 6) is 0. The zero-order chi connectivity index (χ0) is 36.2. The second-order valence-corrected chi connectivity index (χ2v) is 16.4. The van der Waals surface area contributed by atoms with E-state index >= 15 is 0 Å². The third-order valence-corrected chi connectivity index (χ3v) is 8.28. The maximum absolute atomic E-state index is 3.53. The fourth-order valence-electron chi connectivity index (χ4n) is 5.10. The number of fused-ring (bicyclic) bond motifs is 3. The molecule has 0 bridgehead atoms. The van der Waals surface area contributed by atoms with Crippen LogP contribution in [0.5, 0.6) is 0 Å². The Morgan fingerprint density at radius 3 is 1.34 bits per heavy atom. The van der Waals surface area contributed by atoms with Gasteiger partial charge in [0.1, 0.15) is 0 Å². The topological polar surface area (TPSA) is 0 Å². The van der Waals surface area contributed by atoms with Gasteiger partial charge in [0.2, 0.25) is 0 Å². The van der Waals surface area contributed by atoms with Crippen LogP contribution in [0.3, 0.4) is 0 Å². The molecule has 270 valence electrons. The van der Waals surface area contributed by atoms with Crippen molar-refractivity contribution < 1.29 is 24.2 Å². The van der Waals surface area contributed by atoms with Gasteiger partial charge in [-0.25, -0.2) is 12.2 Å². The van der Waals surface area contributed by atoms with Gasteiger partial charge in [-0.05, 0) is 28.2 Å². The minimum absolute atomic E-state index is 0. The molecule has 0 saturated carbocycles. The summed E-state index contributed by atoms with van der Waals surface area (Å²) in [5, 5.41) is 0. The van der Waals surface area contributed by atoms with E-state index in [1.54, 1.807) is 0 Å². The Kier molecular flexibility index (Phi) is 20.3. The molecule has 0 saturated heterocycles. The van der Waals surface area contributed by atoms with Crippen molar-refractivity contribution in [3.05, 3.63) is 155 Å². The molecule has 3 heteroatoms. The molecule has 0 aliphatic heterocycles. The van der Waals surface area contributed by atoms with Crippen LogP contribution in [0.15, 0.2) is 97.1 Å². The zero-order valence-electron chi connectivity index (χ0n) is 32.7. The van der Waals surface area contributed by atoms with Gasteiger partial charge in [-0.15, -0.1) is 36.8 Å². The summed E-state index contributed by atoms with van der Waals surface area (Å²) in [5.41, 5.74) is 12.0. The van der Waals surface area contributed by atoms with E-state index in [-0.39, 0.29) is 46.5 Å². The van der Waals surface area contributed by atoms with Crippen LogP contribution >= 0.6 is 24.8 Å². The van der Waals surface area contributed by atoms with Gasteiger partial charge in [0.05, 0.1) is 0 Å². The van der Waals surface area contributed by atoms with Gasteiger partial charge < -0.3 is 0 Å². The molecule has 0 fully saturated rings. The first-order valence-corrected chi connectivity index (χ1v) is 18.8. The van der Waals surface area contributed by atoms with Crippen molar-refractivity contribution in [1.82, 2.24) is 0 Å². The van der Waals surface area contributed by atoms with Crippen LogP contribution in [-0.2, 0) is 52.3 Å². The first-order valence-electron chi connectivity index (χ1n) is 17.1. The number of halogens is 2. The Balaban J connectivity index is 0.000000698. The van der Waals surface area contributed by atoms with Crippen molar-refractivity contribution in [1.29, 1.82) is 0 Å². The van der Waals surface area contributed by atoms with E-state index in [0.717, 1.165) is 12.8 Å². The quantitative estimate of drug-likeness (QED) is 0.137. The van der Waals surface area contributed by atoms with Crippen molar-refractivity contribution in [2.24, 2.45) is 0 Å². The number of allylic oxidation sites excluding steroid dienone is 4. The molecule has 0 aromatic heterocycles. The normalized spacial score (nSPS) is 12.3. The predicted molar refractivity (Wildman–Crippen MR) is 222 cm³/mol. The minimum atomic E-state index is 0. The third kappa shape index (κ3) is 15.5. The van der Waals surface area contributed by atoms with E-state index in [1.807, 2.05) is 36.4 Å². The Hall–Kier alpha value is -2.31. The molecule has 0 N–H and O–H groups in total. The van der Waals surface area contributed by atoms with Crippen LogP contribution in [-0.4, -0.2) is 4.21 Å². The van der Waals surface area contributed by atoms with Crippen LogP contribution in [0.2, 0.25) is 0 Å². The van der Waals surface area contributed by atoms with Gasteiger partial charge in [0.25, 0.3) is 0 Å². The average molecular weight is 787 g/mol. The summed E-state index contributed by atoms with van der Waals surface area (Å²) in [6.07, 6.45) is 11.0. The summed E-state index contributed by atoms with van der Waals surface area (Å²) in [4.78, 5) is 0. The molecular formula is C47H60Cl2Zr-4. The summed E-state index contributed by atoms with van der Waals surface area (Å²) in [7, 11) is 0. The molecule has 4 aromatic carbocycles. The van der Waals surface area contributed by atoms with E-state index in [4.69, 9.17) is 0 Å². The molecule has 2 aliphatic carbocycles. The molecule has 4 aromatic rings. The molecule has 0 radical (unpaired) electrons. The fourth-order valence-corrected chi connectivity index (χ4v) is 5.10.